The third-order valence-electron chi connectivity index (χ3n) is 7.66. The highest BCUT2D eigenvalue weighted by Gasteiger charge is 2.31. The Morgan fingerprint density at radius 2 is 1.70 bits per heavy atom. The standard InChI is InChI=1S/C34H41N3O5S/c1-20(2)15-29(36-21(3)39)30(40)16-22(13-14-43-4)34(41)37-25-10-12-28-32(18-25)42-31-17-24(35)9-11-27(31)33(28)26-8-6-5-7-23(26)19-38/h5-12,17-18,20,22,29,33,38H,13-16,19,35H2,1-4H3,(H,36,39)(H,37,41)/t22-,29+,33?/m1/s1. The highest BCUT2D eigenvalue weighted by molar-refractivity contribution is 7.98. The minimum atomic E-state index is -0.620. The van der Waals surface area contributed by atoms with Crippen molar-refractivity contribution in [3.63, 3.8) is 0 Å². The predicted octanol–water partition coefficient (Wildman–Crippen LogP) is 5.86. The molecule has 1 aliphatic rings. The number of rotatable bonds is 13. The van der Waals surface area contributed by atoms with Gasteiger partial charge in [-0.05, 0) is 54.0 Å². The van der Waals surface area contributed by atoms with Crippen LogP contribution in [0.5, 0.6) is 11.5 Å². The molecule has 3 aromatic carbocycles. The summed E-state index contributed by atoms with van der Waals surface area (Å²) in [6.07, 6.45) is 3.05. The summed E-state index contributed by atoms with van der Waals surface area (Å²) >= 11 is 1.62. The van der Waals surface area contributed by atoms with Gasteiger partial charge in [0.2, 0.25) is 11.8 Å². The summed E-state index contributed by atoms with van der Waals surface area (Å²) in [4.78, 5) is 38.6. The number of amides is 2. The molecule has 5 N–H and O–H groups in total. The van der Waals surface area contributed by atoms with Crippen molar-refractivity contribution >= 4 is 40.7 Å². The minimum Gasteiger partial charge on any atom is -0.457 e. The van der Waals surface area contributed by atoms with Crippen LogP contribution < -0.4 is 21.1 Å². The number of thioether (sulfide) groups is 1. The number of benzene rings is 3. The highest BCUT2D eigenvalue weighted by atomic mass is 32.2. The van der Waals surface area contributed by atoms with Crippen LogP contribution in [0.1, 0.15) is 68.2 Å². The third-order valence-corrected chi connectivity index (χ3v) is 8.30. The zero-order valence-corrected chi connectivity index (χ0v) is 26.0. The topological polar surface area (TPSA) is 131 Å². The van der Waals surface area contributed by atoms with E-state index in [1.165, 1.54) is 6.92 Å². The summed E-state index contributed by atoms with van der Waals surface area (Å²) in [5.74, 6) is 0.715. The van der Waals surface area contributed by atoms with Gasteiger partial charge in [0.1, 0.15) is 11.5 Å². The molecule has 4 rings (SSSR count). The zero-order valence-electron chi connectivity index (χ0n) is 25.2. The number of anilines is 2. The van der Waals surface area contributed by atoms with E-state index in [1.54, 1.807) is 23.9 Å². The lowest BCUT2D eigenvalue weighted by Gasteiger charge is -2.30. The van der Waals surface area contributed by atoms with E-state index < -0.39 is 12.0 Å². The number of aliphatic hydroxyl groups excluding tert-OH is 1. The Morgan fingerprint density at radius 3 is 2.37 bits per heavy atom. The van der Waals surface area contributed by atoms with Crippen molar-refractivity contribution in [3.8, 4) is 11.5 Å². The van der Waals surface area contributed by atoms with E-state index in [1.807, 2.05) is 68.6 Å². The van der Waals surface area contributed by atoms with Crippen LogP contribution in [0.4, 0.5) is 11.4 Å². The number of nitrogens with two attached hydrogens (primary N) is 1. The number of nitrogens with one attached hydrogen (secondary N) is 2. The quantitative estimate of drug-likeness (QED) is 0.141. The number of fused-ring (bicyclic) bond motifs is 2. The maximum atomic E-state index is 13.6. The second-order valence-electron chi connectivity index (χ2n) is 11.5. The van der Waals surface area contributed by atoms with E-state index in [-0.39, 0.29) is 42.5 Å². The normalized spacial score (nSPS) is 15.1. The molecule has 3 aromatic rings. The molecule has 0 fully saturated rings. The van der Waals surface area contributed by atoms with Gasteiger partial charge in [-0.25, -0.2) is 0 Å². The molecule has 0 saturated carbocycles. The number of carbonyl (C=O) groups is 3. The minimum absolute atomic E-state index is 0.0399. The number of hydrogen-bond donors (Lipinski definition) is 4. The molecule has 1 unspecified atom stereocenters. The molecule has 1 heterocycles. The Morgan fingerprint density at radius 1 is 1.00 bits per heavy atom. The monoisotopic (exact) mass is 603 g/mol. The van der Waals surface area contributed by atoms with Crippen molar-refractivity contribution in [2.75, 3.05) is 23.1 Å². The van der Waals surface area contributed by atoms with Crippen molar-refractivity contribution in [1.29, 1.82) is 0 Å². The first-order valence-corrected chi connectivity index (χ1v) is 16.0. The van der Waals surface area contributed by atoms with Gasteiger partial charge in [0.25, 0.3) is 0 Å². The second kappa shape index (κ2) is 14.6. The molecule has 0 bridgehead atoms. The fraction of sp³-hybridized carbons (Fsp3) is 0.382. The number of Topliss-reactive ketones (excluding diaryl/α,β-unsaturated/α-hetero) is 1. The van der Waals surface area contributed by atoms with Gasteiger partial charge in [-0.3, -0.25) is 14.4 Å². The Balaban J connectivity index is 1.61. The number of carbonyl (C=O) groups excluding carboxylic acids is 3. The lowest BCUT2D eigenvalue weighted by molar-refractivity contribution is -0.130. The molecule has 8 nitrogen and oxygen atoms in total. The molecule has 0 aliphatic carbocycles. The SMILES string of the molecule is CSCC[C@H](CC(=O)[C@H](CC(C)C)NC(C)=O)C(=O)Nc1ccc2c(c1)Oc1cc(N)ccc1C2c1ccccc1CO. The van der Waals surface area contributed by atoms with E-state index in [4.69, 9.17) is 10.5 Å². The molecule has 9 heteroatoms. The first-order valence-electron chi connectivity index (χ1n) is 14.6. The van der Waals surface area contributed by atoms with Gasteiger partial charge in [-0.15, -0.1) is 0 Å². The molecule has 0 saturated heterocycles. The van der Waals surface area contributed by atoms with Gasteiger partial charge in [0.05, 0.1) is 12.6 Å². The van der Waals surface area contributed by atoms with Crippen molar-refractivity contribution in [2.45, 2.75) is 58.6 Å². The summed E-state index contributed by atoms with van der Waals surface area (Å²) < 4.78 is 6.31. The first kappa shape index (κ1) is 32.1. The third kappa shape index (κ3) is 7.97. The second-order valence-corrected chi connectivity index (χ2v) is 12.4. The van der Waals surface area contributed by atoms with Crippen molar-refractivity contribution in [1.82, 2.24) is 5.32 Å². The van der Waals surface area contributed by atoms with Gasteiger partial charge in [-0.2, -0.15) is 11.8 Å². The van der Waals surface area contributed by atoms with E-state index >= 15 is 0 Å². The van der Waals surface area contributed by atoms with Crippen LogP contribution in [0.2, 0.25) is 0 Å². The number of ether oxygens (including phenoxy) is 1. The van der Waals surface area contributed by atoms with Crippen LogP contribution in [0.25, 0.3) is 0 Å². The van der Waals surface area contributed by atoms with E-state index in [2.05, 4.69) is 10.6 Å². The van der Waals surface area contributed by atoms with Crippen LogP contribution in [0.15, 0.2) is 60.7 Å². The number of aliphatic hydroxyl groups is 1. The van der Waals surface area contributed by atoms with Gasteiger partial charge in [0.15, 0.2) is 5.78 Å². The van der Waals surface area contributed by atoms with Gasteiger partial charge < -0.3 is 26.2 Å². The molecule has 0 aromatic heterocycles. The summed E-state index contributed by atoms with van der Waals surface area (Å²) in [6, 6.07) is 18.3. The van der Waals surface area contributed by atoms with Crippen LogP contribution >= 0.6 is 11.8 Å². The van der Waals surface area contributed by atoms with Crippen LogP contribution in [0.3, 0.4) is 0 Å². The maximum absolute atomic E-state index is 13.6. The average Bonchev–Trinajstić information content (AvgIpc) is 2.96. The molecular weight excluding hydrogens is 562 g/mol. The number of hydrogen-bond acceptors (Lipinski definition) is 7. The molecule has 228 valence electrons. The maximum Gasteiger partial charge on any atom is 0.227 e. The van der Waals surface area contributed by atoms with Crippen molar-refractivity contribution in [3.05, 3.63) is 82.9 Å². The molecule has 0 radical (unpaired) electrons. The first-order chi connectivity index (χ1) is 20.6. The average molecular weight is 604 g/mol. The Hall–Kier alpha value is -3.82. The van der Waals surface area contributed by atoms with Crippen LogP contribution in [-0.2, 0) is 21.0 Å². The lowest BCUT2D eigenvalue weighted by atomic mass is 9.80. The van der Waals surface area contributed by atoms with Crippen LogP contribution in [-0.4, -0.2) is 40.8 Å². The van der Waals surface area contributed by atoms with E-state index in [0.717, 1.165) is 28.0 Å². The van der Waals surface area contributed by atoms with Crippen molar-refractivity contribution in [2.24, 2.45) is 11.8 Å². The van der Waals surface area contributed by atoms with Crippen LogP contribution in [0, 0.1) is 11.8 Å². The summed E-state index contributed by atoms with van der Waals surface area (Å²) in [5, 5.41) is 15.9. The fourth-order valence-corrected chi connectivity index (χ4v) is 6.12. The summed E-state index contributed by atoms with van der Waals surface area (Å²) in [7, 11) is 0. The Bertz CT molecular complexity index is 1470. The molecule has 43 heavy (non-hydrogen) atoms. The van der Waals surface area contributed by atoms with Gasteiger partial charge in [0, 0.05) is 59.8 Å². The van der Waals surface area contributed by atoms with Gasteiger partial charge >= 0.3 is 0 Å². The highest BCUT2D eigenvalue weighted by Crippen LogP contribution is 2.49. The van der Waals surface area contributed by atoms with E-state index in [9.17, 15) is 19.5 Å². The molecular formula is C34H41N3O5S. The van der Waals surface area contributed by atoms with Gasteiger partial charge in [-0.1, -0.05) is 50.2 Å². The number of ketones is 1. The van der Waals surface area contributed by atoms with Crippen molar-refractivity contribution < 1.29 is 24.2 Å². The number of nitrogen functional groups attached to an aromatic ring is 1. The predicted molar refractivity (Wildman–Crippen MR) is 172 cm³/mol. The largest absolute Gasteiger partial charge is 0.457 e. The molecule has 1 aliphatic heterocycles. The van der Waals surface area contributed by atoms with E-state index in [0.29, 0.717) is 35.7 Å². The molecule has 3 atom stereocenters. The fourth-order valence-electron chi connectivity index (χ4n) is 5.60. The lowest BCUT2D eigenvalue weighted by Crippen LogP contribution is -2.42. The molecule has 2 amide bonds. The zero-order chi connectivity index (χ0) is 31.1. The Kier molecular flexibility index (Phi) is 10.9. The molecule has 0 spiro atoms. The summed E-state index contributed by atoms with van der Waals surface area (Å²) in [6.45, 7) is 5.30. The smallest absolute Gasteiger partial charge is 0.227 e. The summed E-state index contributed by atoms with van der Waals surface area (Å²) in [5.41, 5.74) is 10.8. The Labute approximate surface area is 257 Å².